The van der Waals surface area contributed by atoms with Gasteiger partial charge in [-0.1, -0.05) is 6.58 Å². The summed E-state index contributed by atoms with van der Waals surface area (Å²) < 4.78 is 11.6. The molecule has 0 unspecified atom stereocenters. The fourth-order valence-electron chi connectivity index (χ4n) is 3.58. The van der Waals surface area contributed by atoms with Crippen molar-refractivity contribution in [1.82, 2.24) is 30.2 Å². The maximum absolute atomic E-state index is 12.2. The van der Waals surface area contributed by atoms with Crippen molar-refractivity contribution in [1.29, 1.82) is 0 Å². The molecule has 3 heterocycles. The fourth-order valence-corrected chi connectivity index (χ4v) is 3.58. The number of aromatic nitrogens is 4. The molecule has 4 N–H and O–H groups in total. The number of aryl methyl sites for hydroxylation is 2. The molecule has 1 amide bonds. The number of carbonyl (C=O) groups is 1. The van der Waals surface area contributed by atoms with Crippen molar-refractivity contribution in [2.45, 2.75) is 20.4 Å². The number of anilines is 3. The molecule has 3 aromatic heterocycles. The number of nitrogens with zero attached hydrogens (tertiary/aromatic N) is 5. The molecular weight excluding hydrogens is 484 g/mol. The second kappa shape index (κ2) is 11.5. The Kier molecular flexibility index (Phi) is 7.97. The Labute approximate surface area is 220 Å². The van der Waals surface area contributed by atoms with Crippen LogP contribution in [0, 0.1) is 13.8 Å². The minimum Gasteiger partial charge on any atom is -0.455 e. The Morgan fingerprint density at radius 1 is 1.16 bits per heavy atom. The summed E-state index contributed by atoms with van der Waals surface area (Å²) in [6.45, 7) is 8.30. The van der Waals surface area contributed by atoms with Crippen LogP contribution < -0.4 is 21.1 Å². The highest BCUT2D eigenvalue weighted by molar-refractivity contribution is 5.93. The number of carbonyl (C=O) groups excluding carboxylic acids is 1. The highest BCUT2D eigenvalue weighted by Gasteiger charge is 2.19. The van der Waals surface area contributed by atoms with Crippen LogP contribution in [0.2, 0.25) is 0 Å². The van der Waals surface area contributed by atoms with E-state index in [4.69, 9.17) is 14.9 Å². The van der Waals surface area contributed by atoms with Crippen LogP contribution in [0.1, 0.15) is 17.0 Å². The molecule has 11 nitrogen and oxygen atoms in total. The van der Waals surface area contributed by atoms with Crippen molar-refractivity contribution in [3.63, 3.8) is 0 Å². The van der Waals surface area contributed by atoms with Crippen LogP contribution in [0.4, 0.5) is 17.3 Å². The van der Waals surface area contributed by atoms with Gasteiger partial charge in [0.15, 0.2) is 0 Å². The number of likely N-dealkylation sites (N-methyl/N-ethyl adjacent to an activating group) is 1. The molecule has 0 bridgehead atoms. The molecule has 0 saturated carbocycles. The average molecular weight is 515 g/mol. The number of nitrogen functional groups attached to an aromatic ring is 1. The summed E-state index contributed by atoms with van der Waals surface area (Å²) in [6, 6.07) is 9.42. The molecular formula is C27H30N8O3. The molecule has 11 heteroatoms. The maximum atomic E-state index is 12.2. The largest absolute Gasteiger partial charge is 0.455 e. The Morgan fingerprint density at radius 2 is 1.97 bits per heavy atom. The summed E-state index contributed by atoms with van der Waals surface area (Å²) in [6.07, 6.45) is 4.50. The van der Waals surface area contributed by atoms with Crippen molar-refractivity contribution in [2.24, 2.45) is 0 Å². The van der Waals surface area contributed by atoms with Gasteiger partial charge < -0.3 is 30.4 Å². The van der Waals surface area contributed by atoms with Crippen molar-refractivity contribution in [3.05, 3.63) is 78.2 Å². The van der Waals surface area contributed by atoms with Gasteiger partial charge in [0, 0.05) is 23.5 Å². The van der Waals surface area contributed by atoms with E-state index < -0.39 is 0 Å². The van der Waals surface area contributed by atoms with Crippen LogP contribution in [-0.2, 0) is 11.3 Å². The van der Waals surface area contributed by atoms with Gasteiger partial charge in [-0.25, -0.2) is 15.0 Å². The number of nitrogens with one attached hydrogen (secondary N) is 2. The van der Waals surface area contributed by atoms with E-state index in [1.165, 1.54) is 12.6 Å². The lowest BCUT2D eigenvalue weighted by Crippen LogP contribution is -2.29. The SMILES string of the molecule is C=C(CN(C)C)C(=O)NCc1coc(-c2c(N)ncnc2Nc2ccc(Oc3ccc(C)nc3)c(C)c2)n1. The zero-order valence-corrected chi connectivity index (χ0v) is 21.8. The van der Waals surface area contributed by atoms with E-state index in [-0.39, 0.29) is 24.2 Å². The van der Waals surface area contributed by atoms with E-state index in [0.717, 1.165) is 16.9 Å². The molecule has 0 aliphatic rings. The van der Waals surface area contributed by atoms with Gasteiger partial charge in [0.1, 0.15) is 41.3 Å². The van der Waals surface area contributed by atoms with Crippen LogP contribution >= 0.6 is 0 Å². The molecule has 0 fully saturated rings. The van der Waals surface area contributed by atoms with Gasteiger partial charge in [-0.15, -0.1) is 0 Å². The smallest absolute Gasteiger partial charge is 0.248 e. The predicted molar refractivity (Wildman–Crippen MR) is 145 cm³/mol. The van der Waals surface area contributed by atoms with E-state index >= 15 is 0 Å². The molecule has 1 aromatic carbocycles. The highest BCUT2D eigenvalue weighted by Crippen LogP contribution is 2.33. The van der Waals surface area contributed by atoms with Crippen molar-refractivity contribution < 1.29 is 13.9 Å². The Hall–Kier alpha value is -4.77. The number of hydrogen-bond acceptors (Lipinski definition) is 10. The lowest BCUT2D eigenvalue weighted by molar-refractivity contribution is -0.117. The van der Waals surface area contributed by atoms with E-state index in [0.29, 0.717) is 40.7 Å². The van der Waals surface area contributed by atoms with Crippen molar-refractivity contribution in [2.75, 3.05) is 31.7 Å². The van der Waals surface area contributed by atoms with Crippen LogP contribution in [0.15, 0.2) is 65.7 Å². The van der Waals surface area contributed by atoms with Gasteiger partial charge >= 0.3 is 0 Å². The van der Waals surface area contributed by atoms with Gasteiger partial charge in [-0.2, -0.15) is 0 Å². The fraction of sp³-hybridized carbons (Fsp3) is 0.222. The Bertz CT molecular complexity index is 1450. The lowest BCUT2D eigenvalue weighted by atomic mass is 10.2. The monoisotopic (exact) mass is 514 g/mol. The van der Waals surface area contributed by atoms with Crippen molar-refractivity contribution >= 4 is 23.2 Å². The molecule has 0 spiro atoms. The second-order valence-electron chi connectivity index (χ2n) is 8.99. The molecule has 0 saturated heterocycles. The minimum atomic E-state index is -0.255. The summed E-state index contributed by atoms with van der Waals surface area (Å²) in [5, 5.41) is 6.05. The summed E-state index contributed by atoms with van der Waals surface area (Å²) in [5.41, 5.74) is 10.1. The Balaban J connectivity index is 1.48. The second-order valence-corrected chi connectivity index (χ2v) is 8.99. The number of hydrogen-bond donors (Lipinski definition) is 3. The molecule has 38 heavy (non-hydrogen) atoms. The van der Waals surface area contributed by atoms with E-state index in [9.17, 15) is 4.79 Å². The topological polar surface area (TPSA) is 144 Å². The Morgan fingerprint density at radius 3 is 2.68 bits per heavy atom. The van der Waals surface area contributed by atoms with Gasteiger partial charge in [-0.3, -0.25) is 9.78 Å². The first-order valence-corrected chi connectivity index (χ1v) is 11.8. The number of rotatable bonds is 10. The zero-order valence-electron chi connectivity index (χ0n) is 21.8. The number of amides is 1. The average Bonchev–Trinajstić information content (AvgIpc) is 3.33. The van der Waals surface area contributed by atoms with Crippen LogP contribution in [0.25, 0.3) is 11.5 Å². The van der Waals surface area contributed by atoms with Crippen molar-refractivity contribution in [3.8, 4) is 23.0 Å². The number of ether oxygens (including phenoxy) is 1. The standard InChI is InChI=1S/C27H30N8O3/c1-16-10-19(7-9-22(16)38-21-8-6-18(3)29-12-21)33-25-23(24(28)31-15-32-25)27-34-20(14-37-27)11-30-26(36)17(2)13-35(4)5/h6-10,12,14-15H,2,11,13H2,1,3-5H3,(H,30,36)(H3,28,31,32,33). The van der Waals surface area contributed by atoms with Gasteiger partial charge in [0.2, 0.25) is 11.8 Å². The maximum Gasteiger partial charge on any atom is 0.248 e. The van der Waals surface area contributed by atoms with E-state index in [1.54, 1.807) is 6.20 Å². The molecule has 4 rings (SSSR count). The van der Waals surface area contributed by atoms with Crippen LogP contribution in [0.5, 0.6) is 11.5 Å². The summed E-state index contributed by atoms with van der Waals surface area (Å²) in [4.78, 5) is 31.3. The number of nitrogens with two attached hydrogens (primary N) is 1. The minimum absolute atomic E-state index is 0.169. The van der Waals surface area contributed by atoms with Gasteiger partial charge in [0.05, 0.1) is 18.4 Å². The quantitative estimate of drug-likeness (QED) is 0.266. The number of benzene rings is 1. The first kappa shape index (κ1) is 26.3. The van der Waals surface area contributed by atoms with Gasteiger partial charge in [0.25, 0.3) is 0 Å². The van der Waals surface area contributed by atoms with Crippen LogP contribution in [-0.4, -0.2) is 51.4 Å². The number of pyridine rings is 1. The zero-order chi connectivity index (χ0) is 27.2. The molecule has 0 atom stereocenters. The highest BCUT2D eigenvalue weighted by atomic mass is 16.5. The third-order valence-corrected chi connectivity index (χ3v) is 5.45. The third-order valence-electron chi connectivity index (χ3n) is 5.45. The summed E-state index contributed by atoms with van der Waals surface area (Å²) >= 11 is 0. The third kappa shape index (κ3) is 6.51. The van der Waals surface area contributed by atoms with E-state index in [2.05, 4.69) is 37.1 Å². The summed E-state index contributed by atoms with van der Waals surface area (Å²) in [5.74, 6) is 1.95. The van der Waals surface area contributed by atoms with Gasteiger partial charge in [-0.05, 0) is 63.8 Å². The summed E-state index contributed by atoms with van der Waals surface area (Å²) in [7, 11) is 3.74. The molecule has 0 radical (unpaired) electrons. The molecule has 0 aliphatic carbocycles. The number of oxazole rings is 1. The lowest BCUT2D eigenvalue weighted by Gasteiger charge is -2.13. The molecule has 196 valence electrons. The molecule has 0 aliphatic heterocycles. The predicted octanol–water partition coefficient (Wildman–Crippen LogP) is 4.00. The normalized spacial score (nSPS) is 10.9. The molecule has 4 aromatic rings. The first-order chi connectivity index (χ1) is 18.2. The van der Waals surface area contributed by atoms with E-state index in [1.807, 2.05) is 63.2 Å². The first-order valence-electron chi connectivity index (χ1n) is 11.8. The van der Waals surface area contributed by atoms with Crippen LogP contribution in [0.3, 0.4) is 0 Å².